The normalized spacial score (nSPS) is 50.4. The van der Waals surface area contributed by atoms with E-state index in [4.69, 9.17) is 4.74 Å². The maximum Gasteiger partial charge on any atom is 0.302 e. The first kappa shape index (κ1) is 26.3. The van der Waals surface area contributed by atoms with Crippen molar-refractivity contribution in [2.24, 2.45) is 61.8 Å². The molecule has 36 heavy (non-hydrogen) atoms. The van der Waals surface area contributed by atoms with Gasteiger partial charge in [-0.1, -0.05) is 51.9 Å². The summed E-state index contributed by atoms with van der Waals surface area (Å²) in [5, 5.41) is 13.6. The van der Waals surface area contributed by atoms with Crippen molar-refractivity contribution in [1.29, 1.82) is 0 Å². The second-order valence-electron chi connectivity index (χ2n) is 15.1. The molecule has 0 amide bonds. The lowest BCUT2D eigenvalue weighted by Gasteiger charge is -2.72. The van der Waals surface area contributed by atoms with E-state index in [1.165, 1.54) is 56.9 Å². The summed E-state index contributed by atoms with van der Waals surface area (Å²) in [6.45, 7) is 21.5. The molecule has 202 valence electrons. The zero-order chi connectivity index (χ0) is 26.3. The minimum absolute atomic E-state index is 0.0386. The van der Waals surface area contributed by atoms with Gasteiger partial charge in [0.05, 0.1) is 12.3 Å². The Balaban J connectivity index is 1.53. The molecule has 5 aliphatic rings. The van der Waals surface area contributed by atoms with Gasteiger partial charge in [-0.2, -0.15) is 0 Å². The Morgan fingerprint density at radius 2 is 1.67 bits per heavy atom. The first-order valence-corrected chi connectivity index (χ1v) is 14.8. The van der Waals surface area contributed by atoms with Crippen LogP contribution in [0.5, 0.6) is 0 Å². The number of hydrogen-bond acceptors (Lipinski definition) is 4. The predicted octanol–water partition coefficient (Wildman–Crippen LogP) is 8.04. The second kappa shape index (κ2) is 8.34. The largest absolute Gasteiger partial charge is 0.465 e. The summed E-state index contributed by atoms with van der Waals surface area (Å²) in [6.07, 6.45) is 12.0. The molecule has 4 heteroatoms. The molecule has 0 saturated heterocycles. The molecule has 0 radical (unpaired) electrons. The molecule has 9 atom stereocenters. The number of carbonyl (C=O) groups excluding carboxylic acids is 1. The molecular formula is C32H51NO3. The number of nitrogens with zero attached hydrogens (tertiary/aromatic N) is 1. The number of esters is 1. The van der Waals surface area contributed by atoms with Crippen LogP contribution < -0.4 is 0 Å². The fraction of sp³-hybridized carbons (Fsp3) is 0.875. The highest BCUT2D eigenvalue weighted by atomic mass is 16.5. The van der Waals surface area contributed by atoms with Gasteiger partial charge in [0.15, 0.2) is 0 Å². The fourth-order valence-electron chi connectivity index (χ4n) is 11.8. The van der Waals surface area contributed by atoms with Gasteiger partial charge in [0.2, 0.25) is 0 Å². The highest BCUT2D eigenvalue weighted by molar-refractivity contribution is 5.90. The molecule has 0 aliphatic heterocycles. The number of carbonyl (C=O) groups is 1. The summed E-state index contributed by atoms with van der Waals surface area (Å²) in [5.74, 6) is 2.93. The summed E-state index contributed by atoms with van der Waals surface area (Å²) >= 11 is 0. The van der Waals surface area contributed by atoms with E-state index in [1.807, 2.05) is 0 Å². The van der Waals surface area contributed by atoms with Crippen molar-refractivity contribution in [2.75, 3.05) is 6.61 Å². The Morgan fingerprint density at radius 3 is 2.31 bits per heavy atom. The van der Waals surface area contributed by atoms with E-state index < -0.39 is 0 Å². The summed E-state index contributed by atoms with van der Waals surface area (Å²) in [7, 11) is 0. The molecular weight excluding hydrogens is 446 g/mol. The van der Waals surface area contributed by atoms with Crippen molar-refractivity contribution in [3.8, 4) is 0 Å². The van der Waals surface area contributed by atoms with E-state index in [0.717, 1.165) is 18.6 Å². The summed E-state index contributed by atoms with van der Waals surface area (Å²) in [6, 6.07) is 0. The number of fused-ring (bicyclic) bond motifs is 7. The molecule has 5 aliphatic carbocycles. The van der Waals surface area contributed by atoms with Crippen molar-refractivity contribution >= 4 is 11.7 Å². The van der Waals surface area contributed by atoms with Gasteiger partial charge in [0.1, 0.15) is 0 Å². The van der Waals surface area contributed by atoms with Gasteiger partial charge in [-0.15, -0.1) is 0 Å². The van der Waals surface area contributed by atoms with Crippen LogP contribution in [-0.4, -0.2) is 23.5 Å². The zero-order valence-electron chi connectivity index (χ0n) is 24.1. The number of rotatable bonds is 3. The molecule has 0 aromatic rings. The average molecular weight is 498 g/mol. The fourth-order valence-corrected chi connectivity index (χ4v) is 11.8. The van der Waals surface area contributed by atoms with E-state index in [2.05, 4.69) is 53.3 Å². The van der Waals surface area contributed by atoms with Crippen LogP contribution >= 0.6 is 0 Å². The van der Waals surface area contributed by atoms with Crippen molar-refractivity contribution in [1.82, 2.24) is 0 Å². The van der Waals surface area contributed by atoms with Crippen molar-refractivity contribution in [3.05, 3.63) is 12.2 Å². The minimum Gasteiger partial charge on any atom is -0.465 e. The van der Waals surface area contributed by atoms with Crippen LogP contribution in [0.3, 0.4) is 0 Å². The molecule has 5 rings (SSSR count). The molecule has 4 nitrogen and oxygen atoms in total. The Morgan fingerprint density at radius 1 is 0.944 bits per heavy atom. The highest BCUT2D eigenvalue weighted by Crippen LogP contribution is 2.77. The van der Waals surface area contributed by atoms with Gasteiger partial charge in [-0.05, 0) is 117 Å². The quantitative estimate of drug-likeness (QED) is 0.186. The number of ether oxygens (including phenoxy) is 1. The average Bonchev–Trinajstić information content (AvgIpc) is 3.18. The Hall–Kier alpha value is -1.32. The van der Waals surface area contributed by atoms with Crippen LogP contribution in [0.4, 0.5) is 0 Å². The molecule has 0 aromatic carbocycles. The summed E-state index contributed by atoms with van der Waals surface area (Å²) in [4.78, 5) is 11.9. The second-order valence-corrected chi connectivity index (χ2v) is 15.1. The third-order valence-corrected chi connectivity index (χ3v) is 13.7. The van der Waals surface area contributed by atoms with E-state index in [-0.39, 0.29) is 22.2 Å². The predicted molar refractivity (Wildman–Crippen MR) is 145 cm³/mol. The summed E-state index contributed by atoms with van der Waals surface area (Å²) < 4.78 is 5.79. The van der Waals surface area contributed by atoms with Gasteiger partial charge in [0.25, 0.3) is 0 Å². The molecule has 5 saturated carbocycles. The molecule has 0 bridgehead atoms. The topological polar surface area (TPSA) is 58.9 Å². The molecule has 5 fully saturated rings. The van der Waals surface area contributed by atoms with E-state index in [1.54, 1.807) is 6.92 Å². The van der Waals surface area contributed by atoms with Crippen molar-refractivity contribution in [3.63, 3.8) is 0 Å². The van der Waals surface area contributed by atoms with Gasteiger partial charge in [-0.3, -0.25) is 4.79 Å². The van der Waals surface area contributed by atoms with E-state index in [0.29, 0.717) is 47.0 Å². The van der Waals surface area contributed by atoms with Crippen LogP contribution in [-0.2, 0) is 9.53 Å². The number of hydrogen-bond donors (Lipinski definition) is 1. The van der Waals surface area contributed by atoms with Gasteiger partial charge >= 0.3 is 5.97 Å². The van der Waals surface area contributed by atoms with Crippen molar-refractivity contribution < 1.29 is 14.7 Å². The Labute approximate surface area is 219 Å². The number of allylic oxidation sites excluding steroid dienone is 1. The SMILES string of the molecule is C=C(C)C1CC[C@]2(COC(C)=O)CC[C@]3(C)C(CCC4[C@@]5(C)CCC(=NO)C(C)(C)C5CC[C@]43C)C12. The maximum atomic E-state index is 11.9. The van der Waals surface area contributed by atoms with E-state index >= 15 is 0 Å². The highest BCUT2D eigenvalue weighted by Gasteiger charge is 2.70. The van der Waals surface area contributed by atoms with Crippen molar-refractivity contribution in [2.45, 2.75) is 113 Å². The van der Waals surface area contributed by atoms with Crippen LogP contribution in [0.2, 0.25) is 0 Å². The van der Waals surface area contributed by atoms with Gasteiger partial charge in [0, 0.05) is 17.8 Å². The Kier molecular flexibility index (Phi) is 6.09. The van der Waals surface area contributed by atoms with Gasteiger partial charge in [-0.25, -0.2) is 0 Å². The molecule has 0 aromatic heterocycles. The third kappa shape index (κ3) is 3.30. The Bertz CT molecular complexity index is 968. The standard InChI is InChI=1S/C32H51NO3/c1-20(2)22-11-16-32(19-36-21(3)34)18-17-30(7)23(27(22)32)9-10-25-29(6)14-13-26(33-35)28(4,5)24(29)12-15-31(25,30)8/h22-25,27,35H,1,9-19H2,2-8H3/t22?,23?,24?,25?,27?,29-,30+,31+,32+/m0/s1. The zero-order valence-corrected chi connectivity index (χ0v) is 24.1. The lowest BCUT2D eigenvalue weighted by molar-refractivity contribution is -0.231. The molecule has 0 heterocycles. The lowest BCUT2D eigenvalue weighted by atomic mass is 9.32. The molecule has 0 spiro atoms. The van der Waals surface area contributed by atoms with Crippen LogP contribution in [0.1, 0.15) is 113 Å². The van der Waals surface area contributed by atoms with Crippen LogP contribution in [0.15, 0.2) is 17.3 Å². The van der Waals surface area contributed by atoms with E-state index in [9.17, 15) is 10.0 Å². The minimum atomic E-state index is -0.136. The monoisotopic (exact) mass is 497 g/mol. The smallest absolute Gasteiger partial charge is 0.302 e. The summed E-state index contributed by atoms with van der Waals surface area (Å²) in [5.41, 5.74) is 3.32. The number of oxime groups is 1. The lowest BCUT2D eigenvalue weighted by Crippen LogP contribution is -2.66. The van der Waals surface area contributed by atoms with Crippen LogP contribution in [0, 0.1) is 56.7 Å². The maximum absolute atomic E-state index is 11.9. The first-order valence-electron chi connectivity index (χ1n) is 14.8. The third-order valence-electron chi connectivity index (χ3n) is 13.7. The molecule has 5 unspecified atom stereocenters. The van der Waals surface area contributed by atoms with Crippen LogP contribution in [0.25, 0.3) is 0 Å². The first-order chi connectivity index (χ1) is 16.8. The van der Waals surface area contributed by atoms with Gasteiger partial charge < -0.3 is 9.94 Å². The molecule has 1 N–H and O–H groups in total.